The normalized spacial score (nSPS) is 14.8. The van der Waals surface area contributed by atoms with Gasteiger partial charge >= 0.3 is 0 Å². The molecule has 2 aromatic carbocycles. The van der Waals surface area contributed by atoms with Gasteiger partial charge in [0, 0.05) is 30.1 Å². The summed E-state index contributed by atoms with van der Waals surface area (Å²) in [5.41, 5.74) is 3.74. The lowest BCUT2D eigenvalue weighted by atomic mass is 10.0. The zero-order chi connectivity index (χ0) is 16.9. The van der Waals surface area contributed by atoms with Crippen molar-refractivity contribution in [3.05, 3.63) is 58.1 Å². The van der Waals surface area contributed by atoms with Crippen LogP contribution in [0.1, 0.15) is 16.7 Å². The van der Waals surface area contributed by atoms with Crippen LogP contribution in [0.2, 0.25) is 5.02 Å². The van der Waals surface area contributed by atoms with Crippen molar-refractivity contribution in [2.75, 3.05) is 33.9 Å². The van der Waals surface area contributed by atoms with Crippen molar-refractivity contribution in [3.8, 4) is 11.5 Å². The van der Waals surface area contributed by atoms with Gasteiger partial charge in [-0.05, 0) is 55.3 Å². The summed E-state index contributed by atoms with van der Waals surface area (Å²) in [5, 5.41) is 0.862. The molecule has 24 heavy (non-hydrogen) atoms. The number of halogens is 1. The minimum atomic E-state index is 0.650. The molecule has 0 radical (unpaired) electrons. The standard InChI is InChI=1S/C20H24ClNO2/c1-22-11-8-17-18(9-12-22)20(7-6-19(17)21)24-13-10-15-4-3-5-16(14-15)23-2/h3-7,14H,8-13H2,1-2H3. The van der Waals surface area contributed by atoms with Crippen LogP contribution in [0.25, 0.3) is 0 Å². The molecule has 0 saturated heterocycles. The molecule has 0 aliphatic carbocycles. The molecule has 2 aromatic rings. The predicted molar refractivity (Wildman–Crippen MR) is 98.6 cm³/mol. The van der Waals surface area contributed by atoms with Crippen LogP contribution in [0.5, 0.6) is 11.5 Å². The van der Waals surface area contributed by atoms with Crippen LogP contribution >= 0.6 is 11.6 Å². The van der Waals surface area contributed by atoms with E-state index in [0.717, 1.165) is 48.9 Å². The Morgan fingerprint density at radius 2 is 1.88 bits per heavy atom. The molecule has 0 bridgehead atoms. The summed E-state index contributed by atoms with van der Waals surface area (Å²) in [7, 11) is 3.85. The second kappa shape index (κ2) is 7.91. The Labute approximate surface area is 149 Å². The molecule has 0 unspecified atom stereocenters. The molecule has 1 heterocycles. The summed E-state index contributed by atoms with van der Waals surface area (Å²) in [4.78, 5) is 2.34. The highest BCUT2D eigenvalue weighted by Gasteiger charge is 2.18. The molecular formula is C20H24ClNO2. The number of fused-ring (bicyclic) bond motifs is 1. The van der Waals surface area contributed by atoms with Gasteiger partial charge in [-0.1, -0.05) is 23.7 Å². The summed E-state index contributed by atoms with van der Waals surface area (Å²) >= 11 is 6.41. The highest BCUT2D eigenvalue weighted by Crippen LogP contribution is 2.31. The fourth-order valence-corrected chi connectivity index (χ4v) is 3.42. The van der Waals surface area contributed by atoms with Crippen molar-refractivity contribution in [2.24, 2.45) is 0 Å². The summed E-state index contributed by atoms with van der Waals surface area (Å²) < 4.78 is 11.4. The average molecular weight is 346 g/mol. The largest absolute Gasteiger partial charge is 0.497 e. The van der Waals surface area contributed by atoms with Gasteiger partial charge in [0.15, 0.2) is 0 Å². The van der Waals surface area contributed by atoms with Gasteiger partial charge in [0.1, 0.15) is 11.5 Å². The summed E-state index contributed by atoms with van der Waals surface area (Å²) in [6, 6.07) is 12.1. The van der Waals surface area contributed by atoms with Crippen molar-refractivity contribution in [2.45, 2.75) is 19.3 Å². The van der Waals surface area contributed by atoms with Crippen LogP contribution in [0.4, 0.5) is 0 Å². The molecule has 3 rings (SSSR count). The average Bonchev–Trinajstić information content (AvgIpc) is 2.80. The molecule has 1 aliphatic heterocycles. The van der Waals surface area contributed by atoms with Gasteiger partial charge in [-0.25, -0.2) is 0 Å². The van der Waals surface area contributed by atoms with Gasteiger partial charge in [0.05, 0.1) is 13.7 Å². The molecule has 0 N–H and O–H groups in total. The Morgan fingerprint density at radius 1 is 1.08 bits per heavy atom. The number of likely N-dealkylation sites (N-methyl/N-ethyl adjacent to an activating group) is 1. The van der Waals surface area contributed by atoms with Gasteiger partial charge in [0.25, 0.3) is 0 Å². The van der Waals surface area contributed by atoms with E-state index in [9.17, 15) is 0 Å². The van der Waals surface area contributed by atoms with E-state index in [1.807, 2.05) is 24.3 Å². The highest BCUT2D eigenvalue weighted by atomic mass is 35.5. The second-order valence-electron chi connectivity index (χ2n) is 6.26. The Bertz CT molecular complexity index is 702. The zero-order valence-corrected chi connectivity index (χ0v) is 15.1. The number of hydrogen-bond donors (Lipinski definition) is 0. The van der Waals surface area contributed by atoms with Crippen LogP contribution in [0.3, 0.4) is 0 Å². The first-order valence-corrected chi connectivity index (χ1v) is 8.79. The molecular weight excluding hydrogens is 322 g/mol. The minimum Gasteiger partial charge on any atom is -0.497 e. The first-order valence-electron chi connectivity index (χ1n) is 8.42. The molecule has 0 atom stereocenters. The number of nitrogens with zero attached hydrogens (tertiary/aromatic N) is 1. The quantitative estimate of drug-likeness (QED) is 0.817. The topological polar surface area (TPSA) is 21.7 Å². The molecule has 0 spiro atoms. The van der Waals surface area contributed by atoms with E-state index in [4.69, 9.17) is 21.1 Å². The summed E-state index contributed by atoms with van der Waals surface area (Å²) in [6.45, 7) is 2.73. The van der Waals surface area contributed by atoms with Crippen LogP contribution in [0, 0.1) is 0 Å². The fraction of sp³-hybridized carbons (Fsp3) is 0.400. The number of ether oxygens (including phenoxy) is 2. The van der Waals surface area contributed by atoms with Crippen molar-refractivity contribution >= 4 is 11.6 Å². The lowest BCUT2D eigenvalue weighted by molar-refractivity contribution is 0.315. The van der Waals surface area contributed by atoms with Gasteiger partial charge < -0.3 is 14.4 Å². The third kappa shape index (κ3) is 4.03. The van der Waals surface area contributed by atoms with E-state index < -0.39 is 0 Å². The summed E-state index contributed by atoms with van der Waals surface area (Å²) in [5.74, 6) is 1.86. The van der Waals surface area contributed by atoms with Crippen LogP contribution in [-0.4, -0.2) is 38.8 Å². The summed E-state index contributed by atoms with van der Waals surface area (Å²) in [6.07, 6.45) is 2.83. The predicted octanol–water partition coefficient (Wildman–Crippen LogP) is 4.00. The van der Waals surface area contributed by atoms with E-state index in [2.05, 4.69) is 24.1 Å². The van der Waals surface area contributed by atoms with Crippen molar-refractivity contribution in [1.29, 1.82) is 0 Å². The van der Waals surface area contributed by atoms with Crippen LogP contribution in [-0.2, 0) is 19.3 Å². The Hall–Kier alpha value is -1.71. The number of rotatable bonds is 5. The first-order chi connectivity index (χ1) is 11.7. The molecule has 0 saturated carbocycles. The van der Waals surface area contributed by atoms with Crippen molar-refractivity contribution in [1.82, 2.24) is 4.90 Å². The molecule has 1 aliphatic rings. The van der Waals surface area contributed by atoms with Crippen LogP contribution in [0.15, 0.2) is 36.4 Å². The lowest BCUT2D eigenvalue weighted by Gasteiger charge is -2.15. The molecule has 4 heteroatoms. The fourth-order valence-electron chi connectivity index (χ4n) is 3.15. The maximum Gasteiger partial charge on any atom is 0.122 e. The highest BCUT2D eigenvalue weighted by molar-refractivity contribution is 6.31. The third-order valence-electron chi connectivity index (χ3n) is 4.60. The Kier molecular flexibility index (Phi) is 5.64. The SMILES string of the molecule is COc1cccc(CCOc2ccc(Cl)c3c2CCN(C)CC3)c1. The Balaban J connectivity index is 1.69. The van der Waals surface area contributed by atoms with E-state index in [1.54, 1.807) is 7.11 Å². The van der Waals surface area contributed by atoms with Gasteiger partial charge in [-0.15, -0.1) is 0 Å². The van der Waals surface area contributed by atoms with Gasteiger partial charge in [-0.3, -0.25) is 0 Å². The maximum absolute atomic E-state index is 6.41. The lowest BCUT2D eigenvalue weighted by Crippen LogP contribution is -2.20. The van der Waals surface area contributed by atoms with E-state index in [-0.39, 0.29) is 0 Å². The van der Waals surface area contributed by atoms with Crippen molar-refractivity contribution < 1.29 is 9.47 Å². The van der Waals surface area contributed by atoms with Gasteiger partial charge in [0.2, 0.25) is 0 Å². The van der Waals surface area contributed by atoms with E-state index in [0.29, 0.717) is 6.61 Å². The molecule has 0 amide bonds. The minimum absolute atomic E-state index is 0.650. The zero-order valence-electron chi connectivity index (χ0n) is 14.3. The molecule has 3 nitrogen and oxygen atoms in total. The third-order valence-corrected chi connectivity index (χ3v) is 4.95. The van der Waals surface area contributed by atoms with Crippen molar-refractivity contribution in [3.63, 3.8) is 0 Å². The monoisotopic (exact) mass is 345 g/mol. The number of methoxy groups -OCH3 is 1. The molecule has 128 valence electrons. The number of benzene rings is 2. The second-order valence-corrected chi connectivity index (χ2v) is 6.66. The van der Waals surface area contributed by atoms with Gasteiger partial charge in [-0.2, -0.15) is 0 Å². The maximum atomic E-state index is 6.41. The molecule has 0 fully saturated rings. The van der Waals surface area contributed by atoms with E-state index >= 15 is 0 Å². The van der Waals surface area contributed by atoms with Crippen LogP contribution < -0.4 is 9.47 Å². The first kappa shape index (κ1) is 17.1. The smallest absolute Gasteiger partial charge is 0.122 e. The molecule has 0 aromatic heterocycles. The Morgan fingerprint density at radius 3 is 2.67 bits per heavy atom. The number of hydrogen-bond acceptors (Lipinski definition) is 3. The van der Waals surface area contributed by atoms with E-state index in [1.165, 1.54) is 16.7 Å².